The van der Waals surface area contributed by atoms with Crippen molar-refractivity contribution in [3.63, 3.8) is 0 Å². The fourth-order valence-corrected chi connectivity index (χ4v) is 2.22. The molecular formula is C14H20N2O2. The smallest absolute Gasteiger partial charge is 0.222 e. The van der Waals surface area contributed by atoms with Crippen LogP contribution in [-0.4, -0.2) is 37.6 Å². The van der Waals surface area contributed by atoms with E-state index in [4.69, 9.17) is 4.74 Å². The Bertz CT molecular complexity index is 420. The van der Waals surface area contributed by atoms with Gasteiger partial charge in [0.1, 0.15) is 5.75 Å². The molecule has 0 saturated carbocycles. The average Bonchev–Trinajstić information content (AvgIpc) is 2.40. The third-order valence-electron chi connectivity index (χ3n) is 3.36. The maximum atomic E-state index is 11.4. The molecule has 1 aliphatic heterocycles. The van der Waals surface area contributed by atoms with Crippen LogP contribution in [0.15, 0.2) is 24.3 Å². The number of amides is 1. The van der Waals surface area contributed by atoms with Gasteiger partial charge in [0.2, 0.25) is 5.91 Å². The molecule has 0 bridgehead atoms. The van der Waals surface area contributed by atoms with E-state index in [0.29, 0.717) is 12.5 Å². The van der Waals surface area contributed by atoms with Crippen molar-refractivity contribution in [1.82, 2.24) is 10.2 Å². The lowest BCUT2D eigenvalue weighted by molar-refractivity contribution is -0.132. The van der Waals surface area contributed by atoms with Gasteiger partial charge in [-0.25, -0.2) is 0 Å². The lowest BCUT2D eigenvalue weighted by Crippen LogP contribution is -2.46. The van der Waals surface area contributed by atoms with Crippen LogP contribution in [0.5, 0.6) is 5.75 Å². The Kier molecular flexibility index (Phi) is 4.20. The first-order valence-corrected chi connectivity index (χ1v) is 6.29. The highest BCUT2D eigenvalue weighted by molar-refractivity contribution is 5.76. The summed E-state index contributed by atoms with van der Waals surface area (Å²) >= 11 is 0. The normalized spacial score (nSPS) is 20.0. The number of likely N-dealkylation sites (tertiary alicyclic amines) is 1. The Balaban J connectivity index is 1.85. The van der Waals surface area contributed by atoms with E-state index in [1.807, 2.05) is 25.2 Å². The van der Waals surface area contributed by atoms with E-state index < -0.39 is 0 Å². The molecule has 1 heterocycles. The number of methoxy groups -OCH3 is 1. The summed E-state index contributed by atoms with van der Waals surface area (Å²) in [6, 6.07) is 8.43. The van der Waals surface area contributed by atoms with Crippen molar-refractivity contribution in [2.75, 3.05) is 20.7 Å². The number of nitrogens with zero attached hydrogens (tertiary/aromatic N) is 1. The number of piperidine rings is 1. The number of hydrogen-bond acceptors (Lipinski definition) is 3. The molecule has 1 unspecified atom stereocenters. The molecule has 4 heteroatoms. The van der Waals surface area contributed by atoms with Gasteiger partial charge in [0.05, 0.1) is 7.11 Å². The maximum absolute atomic E-state index is 11.4. The van der Waals surface area contributed by atoms with Crippen LogP contribution in [0.25, 0.3) is 0 Å². The van der Waals surface area contributed by atoms with Crippen molar-refractivity contribution in [3.8, 4) is 5.75 Å². The molecule has 0 aromatic heterocycles. The third-order valence-corrected chi connectivity index (χ3v) is 3.36. The zero-order valence-electron chi connectivity index (χ0n) is 11.0. The highest BCUT2D eigenvalue weighted by atomic mass is 16.5. The minimum Gasteiger partial charge on any atom is -0.497 e. The lowest BCUT2D eigenvalue weighted by Gasteiger charge is -2.30. The molecule has 18 heavy (non-hydrogen) atoms. The first-order chi connectivity index (χ1) is 8.69. The van der Waals surface area contributed by atoms with Crippen molar-refractivity contribution >= 4 is 5.91 Å². The zero-order chi connectivity index (χ0) is 13.0. The van der Waals surface area contributed by atoms with Gasteiger partial charge >= 0.3 is 0 Å². The SMILES string of the molecule is COc1cccc(CNC2CCC(=O)N(C)C2)c1. The van der Waals surface area contributed by atoms with Gasteiger partial charge in [-0.15, -0.1) is 0 Å². The Hall–Kier alpha value is -1.55. The highest BCUT2D eigenvalue weighted by Crippen LogP contribution is 2.14. The van der Waals surface area contributed by atoms with Gasteiger partial charge in [-0.05, 0) is 24.1 Å². The largest absolute Gasteiger partial charge is 0.497 e. The average molecular weight is 248 g/mol. The summed E-state index contributed by atoms with van der Waals surface area (Å²) in [6.45, 7) is 1.60. The van der Waals surface area contributed by atoms with Crippen LogP contribution in [0, 0.1) is 0 Å². The summed E-state index contributed by atoms with van der Waals surface area (Å²) in [5.74, 6) is 1.12. The van der Waals surface area contributed by atoms with Crippen LogP contribution in [0.1, 0.15) is 18.4 Å². The predicted octanol–water partition coefficient (Wildman–Crippen LogP) is 1.41. The zero-order valence-corrected chi connectivity index (χ0v) is 11.0. The van der Waals surface area contributed by atoms with Gasteiger partial charge in [0, 0.05) is 32.6 Å². The quantitative estimate of drug-likeness (QED) is 0.876. The molecule has 0 aliphatic carbocycles. The van der Waals surface area contributed by atoms with E-state index >= 15 is 0 Å². The number of carbonyl (C=O) groups is 1. The van der Waals surface area contributed by atoms with Crippen LogP contribution in [0.4, 0.5) is 0 Å². The van der Waals surface area contributed by atoms with Gasteiger partial charge in [0.25, 0.3) is 0 Å². The van der Waals surface area contributed by atoms with E-state index in [0.717, 1.165) is 25.3 Å². The fraction of sp³-hybridized carbons (Fsp3) is 0.500. The second kappa shape index (κ2) is 5.87. The van der Waals surface area contributed by atoms with Gasteiger partial charge in [-0.3, -0.25) is 4.79 Å². The van der Waals surface area contributed by atoms with E-state index in [1.165, 1.54) is 5.56 Å². The number of benzene rings is 1. The first-order valence-electron chi connectivity index (χ1n) is 6.29. The Morgan fingerprint density at radius 1 is 1.50 bits per heavy atom. The fourth-order valence-electron chi connectivity index (χ4n) is 2.22. The van der Waals surface area contributed by atoms with Gasteiger partial charge < -0.3 is 15.0 Å². The van der Waals surface area contributed by atoms with Gasteiger partial charge in [0.15, 0.2) is 0 Å². The van der Waals surface area contributed by atoms with E-state index in [2.05, 4.69) is 11.4 Å². The minimum absolute atomic E-state index is 0.245. The molecule has 4 nitrogen and oxygen atoms in total. The summed E-state index contributed by atoms with van der Waals surface area (Å²) < 4.78 is 5.20. The summed E-state index contributed by atoms with van der Waals surface area (Å²) in [7, 11) is 3.54. The molecule has 1 aromatic rings. The molecule has 1 amide bonds. The minimum atomic E-state index is 0.245. The van der Waals surface area contributed by atoms with Crippen molar-refractivity contribution in [2.45, 2.75) is 25.4 Å². The first kappa shape index (κ1) is 12.9. The molecule has 1 saturated heterocycles. The summed E-state index contributed by atoms with van der Waals surface area (Å²) in [5.41, 5.74) is 1.20. The second-order valence-corrected chi connectivity index (χ2v) is 4.74. The number of rotatable bonds is 4. The molecule has 1 aliphatic rings. The van der Waals surface area contributed by atoms with E-state index in [9.17, 15) is 4.79 Å². The van der Waals surface area contributed by atoms with Crippen LogP contribution >= 0.6 is 0 Å². The number of hydrogen-bond donors (Lipinski definition) is 1. The molecule has 1 atom stereocenters. The summed E-state index contributed by atoms with van der Waals surface area (Å²) in [5, 5.41) is 3.49. The van der Waals surface area contributed by atoms with Crippen molar-refractivity contribution in [1.29, 1.82) is 0 Å². The Labute approximate surface area is 108 Å². The molecule has 98 valence electrons. The predicted molar refractivity (Wildman–Crippen MR) is 70.5 cm³/mol. The van der Waals surface area contributed by atoms with Gasteiger partial charge in [-0.2, -0.15) is 0 Å². The molecule has 0 spiro atoms. The maximum Gasteiger partial charge on any atom is 0.222 e. The number of ether oxygens (including phenoxy) is 1. The van der Waals surface area contributed by atoms with E-state index in [-0.39, 0.29) is 5.91 Å². The molecule has 1 aromatic carbocycles. The second-order valence-electron chi connectivity index (χ2n) is 4.74. The third kappa shape index (κ3) is 3.23. The van der Waals surface area contributed by atoms with Crippen molar-refractivity contribution in [3.05, 3.63) is 29.8 Å². The Morgan fingerprint density at radius 3 is 3.06 bits per heavy atom. The van der Waals surface area contributed by atoms with Crippen LogP contribution < -0.4 is 10.1 Å². The standard InChI is InChI=1S/C14H20N2O2/c1-16-10-12(6-7-14(16)17)15-9-11-4-3-5-13(8-11)18-2/h3-5,8,12,15H,6-7,9-10H2,1-2H3. The molecule has 1 fully saturated rings. The molecule has 0 radical (unpaired) electrons. The molecule has 2 rings (SSSR count). The van der Waals surface area contributed by atoms with Crippen molar-refractivity contribution in [2.24, 2.45) is 0 Å². The number of carbonyl (C=O) groups excluding carboxylic acids is 1. The molecule has 1 N–H and O–H groups in total. The lowest BCUT2D eigenvalue weighted by atomic mass is 10.1. The van der Waals surface area contributed by atoms with E-state index in [1.54, 1.807) is 12.0 Å². The van der Waals surface area contributed by atoms with Crippen LogP contribution in [-0.2, 0) is 11.3 Å². The number of likely N-dealkylation sites (N-methyl/N-ethyl adjacent to an activating group) is 1. The van der Waals surface area contributed by atoms with Crippen molar-refractivity contribution < 1.29 is 9.53 Å². The molecular weight excluding hydrogens is 228 g/mol. The van der Waals surface area contributed by atoms with Crippen LogP contribution in [0.2, 0.25) is 0 Å². The Morgan fingerprint density at radius 2 is 2.33 bits per heavy atom. The summed E-state index contributed by atoms with van der Waals surface area (Å²) in [4.78, 5) is 13.2. The highest BCUT2D eigenvalue weighted by Gasteiger charge is 2.22. The topological polar surface area (TPSA) is 41.6 Å². The van der Waals surface area contributed by atoms with Gasteiger partial charge in [-0.1, -0.05) is 12.1 Å². The number of nitrogens with one attached hydrogen (secondary N) is 1. The monoisotopic (exact) mass is 248 g/mol. The van der Waals surface area contributed by atoms with Crippen LogP contribution in [0.3, 0.4) is 0 Å². The summed E-state index contributed by atoms with van der Waals surface area (Å²) in [6.07, 6.45) is 1.57.